The monoisotopic (exact) mass is 414 g/mol. The molecule has 0 bridgehead atoms. The van der Waals surface area contributed by atoms with Crippen LogP contribution in [-0.2, 0) is 16.2 Å². The van der Waals surface area contributed by atoms with Gasteiger partial charge in [0.1, 0.15) is 0 Å². The van der Waals surface area contributed by atoms with Crippen LogP contribution in [0.2, 0.25) is 0 Å². The van der Waals surface area contributed by atoms with Gasteiger partial charge < -0.3 is 5.32 Å². The Kier molecular flexibility index (Phi) is 6.38. The highest BCUT2D eigenvalue weighted by Crippen LogP contribution is 2.35. The van der Waals surface area contributed by atoms with Gasteiger partial charge in [-0.25, -0.2) is 8.42 Å². The van der Waals surface area contributed by atoms with Crippen LogP contribution < -0.4 is 10.0 Å². The third-order valence-electron chi connectivity index (χ3n) is 3.91. The molecule has 28 heavy (non-hydrogen) atoms. The molecule has 152 valence electrons. The fourth-order valence-electron chi connectivity index (χ4n) is 2.43. The van der Waals surface area contributed by atoms with Gasteiger partial charge in [0.05, 0.1) is 16.1 Å². The molecule has 0 radical (unpaired) electrons. The van der Waals surface area contributed by atoms with Crippen LogP contribution in [0, 0.1) is 12.8 Å². The molecule has 1 amide bonds. The second-order valence-corrected chi connectivity index (χ2v) is 8.41. The molecule has 0 aliphatic heterocycles. The average molecular weight is 414 g/mol. The van der Waals surface area contributed by atoms with Crippen LogP contribution in [0.5, 0.6) is 0 Å². The van der Waals surface area contributed by atoms with Crippen molar-refractivity contribution in [2.24, 2.45) is 5.92 Å². The number of nitrogens with one attached hydrogen (secondary N) is 2. The topological polar surface area (TPSA) is 75.3 Å². The molecule has 9 heteroatoms. The van der Waals surface area contributed by atoms with E-state index in [9.17, 15) is 26.4 Å². The van der Waals surface area contributed by atoms with E-state index in [0.717, 1.165) is 18.2 Å². The number of para-hydroxylation sites is 1. The normalized spacial score (nSPS) is 12.1. The number of anilines is 1. The van der Waals surface area contributed by atoms with Gasteiger partial charge in [-0.3, -0.25) is 9.52 Å². The molecule has 2 aromatic carbocycles. The van der Waals surface area contributed by atoms with E-state index < -0.39 is 33.4 Å². The van der Waals surface area contributed by atoms with Crippen molar-refractivity contribution in [3.05, 3.63) is 59.2 Å². The summed E-state index contributed by atoms with van der Waals surface area (Å²) >= 11 is 0. The minimum atomic E-state index is -4.71. The van der Waals surface area contributed by atoms with Crippen LogP contribution in [0.4, 0.5) is 18.9 Å². The van der Waals surface area contributed by atoms with Crippen molar-refractivity contribution in [2.75, 3.05) is 11.3 Å². The lowest BCUT2D eigenvalue weighted by atomic mass is 10.1. The fourth-order valence-corrected chi connectivity index (χ4v) is 3.53. The first kappa shape index (κ1) is 21.7. The molecule has 0 spiro atoms. The van der Waals surface area contributed by atoms with Gasteiger partial charge in [-0.05, 0) is 42.7 Å². The number of aryl methyl sites for hydroxylation is 1. The molecular weight excluding hydrogens is 393 g/mol. The Labute approximate surface area is 162 Å². The van der Waals surface area contributed by atoms with Gasteiger partial charge in [0.15, 0.2) is 0 Å². The second-order valence-electron chi connectivity index (χ2n) is 6.73. The molecule has 0 aliphatic rings. The summed E-state index contributed by atoms with van der Waals surface area (Å²) in [7, 11) is -4.33. The Morgan fingerprint density at radius 3 is 2.36 bits per heavy atom. The van der Waals surface area contributed by atoms with Gasteiger partial charge in [-0.1, -0.05) is 32.0 Å². The Hall–Kier alpha value is -2.55. The maximum atomic E-state index is 13.1. The Morgan fingerprint density at radius 2 is 1.75 bits per heavy atom. The number of rotatable bonds is 6. The molecule has 2 aromatic rings. The number of alkyl halides is 3. The lowest BCUT2D eigenvalue weighted by Crippen LogP contribution is -2.28. The van der Waals surface area contributed by atoms with Crippen molar-refractivity contribution in [1.29, 1.82) is 0 Å². The van der Waals surface area contributed by atoms with Gasteiger partial charge in [0.2, 0.25) is 0 Å². The molecule has 0 fully saturated rings. The quantitative estimate of drug-likeness (QED) is 0.744. The van der Waals surface area contributed by atoms with Gasteiger partial charge in [-0.2, -0.15) is 13.2 Å². The van der Waals surface area contributed by atoms with Crippen LogP contribution in [0.15, 0.2) is 47.4 Å². The summed E-state index contributed by atoms with van der Waals surface area (Å²) in [5.41, 5.74) is -0.981. The largest absolute Gasteiger partial charge is 0.418 e. The van der Waals surface area contributed by atoms with Crippen LogP contribution >= 0.6 is 0 Å². The van der Waals surface area contributed by atoms with Crippen molar-refractivity contribution >= 4 is 21.6 Å². The average Bonchev–Trinajstić information content (AvgIpc) is 2.59. The van der Waals surface area contributed by atoms with E-state index in [2.05, 4.69) is 5.32 Å². The van der Waals surface area contributed by atoms with Gasteiger partial charge in [-0.15, -0.1) is 0 Å². The molecule has 0 atom stereocenters. The highest BCUT2D eigenvalue weighted by molar-refractivity contribution is 7.92. The van der Waals surface area contributed by atoms with E-state index in [4.69, 9.17) is 0 Å². The molecule has 2 N–H and O–H groups in total. The third kappa shape index (κ3) is 5.25. The number of hydrogen-bond donors (Lipinski definition) is 2. The Balaban J connectivity index is 2.37. The second kappa shape index (κ2) is 8.22. The summed E-state index contributed by atoms with van der Waals surface area (Å²) in [4.78, 5) is 12.0. The summed E-state index contributed by atoms with van der Waals surface area (Å²) in [5, 5.41) is 2.69. The predicted molar refractivity (Wildman–Crippen MR) is 101 cm³/mol. The number of hydrogen-bond acceptors (Lipinski definition) is 3. The molecule has 0 aromatic heterocycles. The molecule has 0 heterocycles. The molecule has 0 saturated carbocycles. The third-order valence-corrected chi connectivity index (χ3v) is 5.27. The molecule has 0 aliphatic carbocycles. The van der Waals surface area contributed by atoms with E-state index in [1.165, 1.54) is 24.3 Å². The maximum Gasteiger partial charge on any atom is 0.418 e. The van der Waals surface area contributed by atoms with E-state index in [1.54, 1.807) is 6.92 Å². The van der Waals surface area contributed by atoms with Crippen LogP contribution in [0.1, 0.15) is 35.3 Å². The molecule has 0 unspecified atom stereocenters. The number of benzene rings is 2. The highest BCUT2D eigenvalue weighted by Gasteiger charge is 2.34. The summed E-state index contributed by atoms with van der Waals surface area (Å²) in [6.45, 7) is 5.88. The van der Waals surface area contributed by atoms with Crippen LogP contribution in [0.25, 0.3) is 0 Å². The number of carbonyl (C=O) groups excluding carboxylic acids is 1. The number of halogens is 3. The SMILES string of the molecule is Cc1ccc(S(=O)(=O)Nc2ccccc2C(F)(F)F)cc1C(=O)NCC(C)C. The smallest absolute Gasteiger partial charge is 0.352 e. The van der Waals surface area contributed by atoms with Crippen molar-refractivity contribution < 1.29 is 26.4 Å². The van der Waals surface area contributed by atoms with Crippen molar-refractivity contribution in [3.8, 4) is 0 Å². The van der Waals surface area contributed by atoms with Crippen LogP contribution in [-0.4, -0.2) is 20.9 Å². The summed E-state index contributed by atoms with van der Waals surface area (Å²) in [5.74, 6) is -0.240. The fraction of sp³-hybridized carbons (Fsp3) is 0.316. The molecular formula is C19H21F3N2O3S. The summed E-state index contributed by atoms with van der Waals surface area (Å²) in [6, 6.07) is 8.13. The first-order valence-electron chi connectivity index (χ1n) is 8.49. The van der Waals surface area contributed by atoms with Crippen LogP contribution in [0.3, 0.4) is 0 Å². The number of amides is 1. The number of sulfonamides is 1. The van der Waals surface area contributed by atoms with E-state index in [1.807, 2.05) is 18.6 Å². The van der Waals surface area contributed by atoms with E-state index >= 15 is 0 Å². The summed E-state index contributed by atoms with van der Waals surface area (Å²) < 4.78 is 66.5. The molecule has 5 nitrogen and oxygen atoms in total. The van der Waals surface area contributed by atoms with Crippen molar-refractivity contribution in [2.45, 2.75) is 31.8 Å². The van der Waals surface area contributed by atoms with E-state index in [-0.39, 0.29) is 16.4 Å². The lowest BCUT2D eigenvalue weighted by molar-refractivity contribution is -0.136. The first-order valence-corrected chi connectivity index (χ1v) is 9.98. The maximum absolute atomic E-state index is 13.1. The molecule has 2 rings (SSSR count). The highest BCUT2D eigenvalue weighted by atomic mass is 32.2. The summed E-state index contributed by atoms with van der Waals surface area (Å²) in [6.07, 6.45) is -4.71. The van der Waals surface area contributed by atoms with Crippen molar-refractivity contribution in [1.82, 2.24) is 5.32 Å². The van der Waals surface area contributed by atoms with Gasteiger partial charge in [0, 0.05) is 12.1 Å². The Bertz CT molecular complexity index is 971. The minimum absolute atomic E-state index is 0.146. The van der Waals surface area contributed by atoms with Gasteiger partial charge >= 0.3 is 6.18 Å². The standard InChI is InChI=1S/C19H21F3N2O3S/c1-12(2)11-23-18(25)15-10-14(9-8-13(15)3)28(26,27)24-17-7-5-4-6-16(17)19(20,21)22/h4-10,12,24H,11H2,1-3H3,(H,23,25). The van der Waals surface area contributed by atoms with E-state index in [0.29, 0.717) is 12.1 Å². The number of carbonyl (C=O) groups is 1. The zero-order valence-corrected chi connectivity index (χ0v) is 16.4. The predicted octanol–water partition coefficient (Wildman–Crippen LogP) is 4.20. The zero-order chi connectivity index (χ0) is 21.1. The minimum Gasteiger partial charge on any atom is -0.352 e. The van der Waals surface area contributed by atoms with Crippen molar-refractivity contribution in [3.63, 3.8) is 0 Å². The molecule has 0 saturated heterocycles. The lowest BCUT2D eigenvalue weighted by Gasteiger charge is -2.15. The zero-order valence-electron chi connectivity index (χ0n) is 15.6. The van der Waals surface area contributed by atoms with Gasteiger partial charge in [0.25, 0.3) is 15.9 Å². The first-order chi connectivity index (χ1) is 12.9. The Morgan fingerprint density at radius 1 is 1.11 bits per heavy atom.